The van der Waals surface area contributed by atoms with E-state index in [0.29, 0.717) is 17.2 Å². The number of fused-ring (bicyclic) bond motifs is 1. The first-order valence-electron chi connectivity index (χ1n) is 9.47. The fourth-order valence-corrected chi connectivity index (χ4v) is 3.01. The van der Waals surface area contributed by atoms with Gasteiger partial charge in [-0.15, -0.1) is 0 Å². The number of Topliss-reactive ketones (excluding diaryl/α,β-unsaturated/α-hetero) is 1. The van der Waals surface area contributed by atoms with Crippen molar-refractivity contribution in [3.63, 3.8) is 0 Å². The summed E-state index contributed by atoms with van der Waals surface area (Å²) in [5.74, 6) is 0.600. The number of para-hydroxylation sites is 2. The number of nitrogens with zero attached hydrogens (tertiary/aromatic N) is 2. The third kappa shape index (κ3) is 4.45. The second kappa shape index (κ2) is 8.89. The van der Waals surface area contributed by atoms with E-state index in [2.05, 4.69) is 4.98 Å². The SMILES string of the molecule is N#CC(C(=O)COc1ccc(Oc2ccccc2)cc1)c1ccc2ccccc2n1. The van der Waals surface area contributed by atoms with E-state index < -0.39 is 5.92 Å². The highest BCUT2D eigenvalue weighted by Gasteiger charge is 2.22. The van der Waals surface area contributed by atoms with Crippen molar-refractivity contribution in [2.45, 2.75) is 5.92 Å². The lowest BCUT2D eigenvalue weighted by Gasteiger charge is -2.11. The number of benzene rings is 3. The first-order valence-corrected chi connectivity index (χ1v) is 9.47. The molecule has 30 heavy (non-hydrogen) atoms. The number of ether oxygens (including phenoxy) is 2. The van der Waals surface area contributed by atoms with Crippen molar-refractivity contribution in [1.82, 2.24) is 4.98 Å². The molecule has 5 heteroatoms. The number of carbonyl (C=O) groups excluding carboxylic acids is 1. The molecule has 0 saturated heterocycles. The van der Waals surface area contributed by atoms with Crippen LogP contribution in [0.1, 0.15) is 11.6 Å². The fraction of sp³-hybridized carbons (Fsp3) is 0.0800. The number of hydrogen-bond acceptors (Lipinski definition) is 5. The van der Waals surface area contributed by atoms with Gasteiger partial charge in [0, 0.05) is 5.39 Å². The van der Waals surface area contributed by atoms with Crippen LogP contribution in [0.15, 0.2) is 91.0 Å². The Kier molecular flexibility index (Phi) is 5.68. The molecular weight excluding hydrogens is 376 g/mol. The van der Waals surface area contributed by atoms with Gasteiger partial charge in [0.25, 0.3) is 0 Å². The summed E-state index contributed by atoms with van der Waals surface area (Å²) in [7, 11) is 0. The molecule has 0 bridgehead atoms. The van der Waals surface area contributed by atoms with Crippen LogP contribution in [0, 0.1) is 11.3 Å². The molecule has 0 aliphatic heterocycles. The van der Waals surface area contributed by atoms with Crippen molar-refractivity contribution < 1.29 is 14.3 Å². The molecule has 1 atom stereocenters. The first kappa shape index (κ1) is 19.2. The summed E-state index contributed by atoms with van der Waals surface area (Å²) in [5, 5.41) is 10.5. The van der Waals surface area contributed by atoms with Crippen LogP contribution in [0.3, 0.4) is 0 Å². The van der Waals surface area contributed by atoms with Gasteiger partial charge < -0.3 is 9.47 Å². The molecule has 0 N–H and O–H groups in total. The summed E-state index contributed by atoms with van der Waals surface area (Å²) in [6.07, 6.45) is 0. The molecule has 0 fully saturated rings. The van der Waals surface area contributed by atoms with Crippen LogP contribution in [0.5, 0.6) is 17.2 Å². The number of nitriles is 1. The van der Waals surface area contributed by atoms with Gasteiger partial charge in [-0.1, -0.05) is 42.5 Å². The average molecular weight is 394 g/mol. The van der Waals surface area contributed by atoms with Crippen LogP contribution >= 0.6 is 0 Å². The van der Waals surface area contributed by atoms with E-state index in [0.717, 1.165) is 16.7 Å². The molecule has 1 aromatic heterocycles. The average Bonchev–Trinajstić information content (AvgIpc) is 2.80. The van der Waals surface area contributed by atoms with Crippen LogP contribution in [0.4, 0.5) is 0 Å². The summed E-state index contributed by atoms with van der Waals surface area (Å²) in [4.78, 5) is 17.0. The van der Waals surface area contributed by atoms with Gasteiger partial charge in [-0.25, -0.2) is 0 Å². The van der Waals surface area contributed by atoms with Gasteiger partial charge in [0.1, 0.15) is 23.9 Å². The molecule has 0 aliphatic rings. The first-order chi connectivity index (χ1) is 14.7. The largest absolute Gasteiger partial charge is 0.486 e. The van der Waals surface area contributed by atoms with E-state index in [1.165, 1.54) is 0 Å². The van der Waals surface area contributed by atoms with Crippen molar-refractivity contribution in [2.75, 3.05) is 6.61 Å². The van der Waals surface area contributed by atoms with Gasteiger partial charge in [0.2, 0.25) is 0 Å². The fourth-order valence-electron chi connectivity index (χ4n) is 3.01. The lowest BCUT2D eigenvalue weighted by molar-refractivity contribution is -0.121. The molecular formula is C25H18N2O3. The van der Waals surface area contributed by atoms with Crippen molar-refractivity contribution in [2.24, 2.45) is 0 Å². The lowest BCUT2D eigenvalue weighted by Crippen LogP contribution is -2.19. The molecule has 0 radical (unpaired) electrons. The zero-order valence-electron chi connectivity index (χ0n) is 16.1. The van der Waals surface area contributed by atoms with E-state index in [4.69, 9.17) is 9.47 Å². The van der Waals surface area contributed by atoms with Crippen LogP contribution in [0.25, 0.3) is 10.9 Å². The van der Waals surface area contributed by atoms with Gasteiger partial charge in [0.05, 0.1) is 17.3 Å². The van der Waals surface area contributed by atoms with Crippen molar-refractivity contribution in [1.29, 1.82) is 5.26 Å². The maximum absolute atomic E-state index is 12.6. The molecule has 5 nitrogen and oxygen atoms in total. The Morgan fingerprint density at radius 1 is 0.833 bits per heavy atom. The summed E-state index contributed by atoms with van der Waals surface area (Å²) in [6, 6.07) is 29.6. The van der Waals surface area contributed by atoms with E-state index in [1.54, 1.807) is 30.3 Å². The minimum Gasteiger partial charge on any atom is -0.486 e. The molecule has 146 valence electrons. The molecule has 3 aromatic carbocycles. The van der Waals surface area contributed by atoms with Crippen molar-refractivity contribution in [3.05, 3.63) is 96.7 Å². The Morgan fingerprint density at radius 3 is 2.27 bits per heavy atom. The second-order valence-electron chi connectivity index (χ2n) is 6.63. The standard InChI is InChI=1S/C25H18N2O3/c26-16-22(24-15-10-18-6-4-5-9-23(18)27-24)25(28)17-29-19-11-13-21(14-12-19)30-20-7-2-1-3-8-20/h1-15,22H,17H2. The van der Waals surface area contributed by atoms with Gasteiger partial charge in [-0.2, -0.15) is 5.26 Å². The summed E-state index contributed by atoms with van der Waals surface area (Å²) in [5.41, 5.74) is 1.18. The third-order valence-corrected chi connectivity index (χ3v) is 4.55. The molecule has 0 amide bonds. The smallest absolute Gasteiger partial charge is 0.193 e. The Morgan fingerprint density at radius 2 is 1.50 bits per heavy atom. The number of hydrogen-bond donors (Lipinski definition) is 0. The summed E-state index contributed by atoms with van der Waals surface area (Å²) in [6.45, 7) is -0.217. The topological polar surface area (TPSA) is 72.2 Å². The summed E-state index contributed by atoms with van der Waals surface area (Å²) >= 11 is 0. The van der Waals surface area contributed by atoms with Gasteiger partial charge in [0.15, 0.2) is 11.7 Å². The maximum atomic E-state index is 12.6. The van der Waals surface area contributed by atoms with E-state index in [9.17, 15) is 10.1 Å². The molecule has 0 saturated carbocycles. The van der Waals surface area contributed by atoms with Crippen LogP contribution in [0.2, 0.25) is 0 Å². The number of rotatable bonds is 7. The monoisotopic (exact) mass is 394 g/mol. The van der Waals surface area contributed by atoms with Crippen molar-refractivity contribution in [3.8, 4) is 23.3 Å². The van der Waals surface area contributed by atoms with E-state index in [-0.39, 0.29) is 12.4 Å². The predicted molar refractivity (Wildman–Crippen MR) is 114 cm³/mol. The highest BCUT2D eigenvalue weighted by molar-refractivity contribution is 5.90. The quantitative estimate of drug-likeness (QED) is 0.426. The Hall–Kier alpha value is -4.17. The minimum absolute atomic E-state index is 0.217. The molecule has 4 rings (SSSR count). The number of aromatic nitrogens is 1. The predicted octanol–water partition coefficient (Wildman–Crippen LogP) is 5.28. The highest BCUT2D eigenvalue weighted by Crippen LogP contribution is 2.24. The number of carbonyl (C=O) groups is 1. The lowest BCUT2D eigenvalue weighted by atomic mass is 10.0. The molecule has 1 unspecified atom stereocenters. The van der Waals surface area contributed by atoms with Crippen LogP contribution in [-0.4, -0.2) is 17.4 Å². The van der Waals surface area contributed by atoms with Crippen molar-refractivity contribution >= 4 is 16.7 Å². The zero-order chi connectivity index (χ0) is 20.8. The molecule has 4 aromatic rings. The highest BCUT2D eigenvalue weighted by atomic mass is 16.5. The zero-order valence-corrected chi connectivity index (χ0v) is 16.1. The Balaban J connectivity index is 1.39. The van der Waals surface area contributed by atoms with Crippen LogP contribution in [-0.2, 0) is 4.79 Å². The summed E-state index contributed by atoms with van der Waals surface area (Å²) < 4.78 is 11.3. The Labute approximate surface area is 174 Å². The molecule has 0 aliphatic carbocycles. The maximum Gasteiger partial charge on any atom is 0.193 e. The molecule has 1 heterocycles. The van der Waals surface area contributed by atoms with Crippen LogP contribution < -0.4 is 9.47 Å². The number of ketones is 1. The van der Waals surface area contributed by atoms with Gasteiger partial charge >= 0.3 is 0 Å². The normalized spacial score (nSPS) is 11.4. The Bertz CT molecular complexity index is 1200. The third-order valence-electron chi connectivity index (χ3n) is 4.55. The van der Waals surface area contributed by atoms with Gasteiger partial charge in [-0.3, -0.25) is 9.78 Å². The van der Waals surface area contributed by atoms with E-state index in [1.807, 2.05) is 66.7 Å². The minimum atomic E-state index is -0.977. The number of pyridine rings is 1. The molecule has 0 spiro atoms. The van der Waals surface area contributed by atoms with Gasteiger partial charge in [-0.05, 0) is 48.5 Å². The van der Waals surface area contributed by atoms with E-state index >= 15 is 0 Å². The second-order valence-corrected chi connectivity index (χ2v) is 6.63.